The zero-order chi connectivity index (χ0) is 21.0. The molecule has 0 atom stereocenters. The summed E-state index contributed by atoms with van der Waals surface area (Å²) in [6.45, 7) is 0. The van der Waals surface area contributed by atoms with Gasteiger partial charge in [-0.3, -0.25) is 0 Å². The Morgan fingerprint density at radius 1 is 0.677 bits per heavy atom. The summed E-state index contributed by atoms with van der Waals surface area (Å²) in [5.74, 6) is 0. The summed E-state index contributed by atoms with van der Waals surface area (Å²) in [6.07, 6.45) is 0. The van der Waals surface area contributed by atoms with Gasteiger partial charge in [-0.2, -0.15) is 0 Å². The van der Waals surface area contributed by atoms with E-state index in [4.69, 9.17) is 4.98 Å². The van der Waals surface area contributed by atoms with Crippen molar-refractivity contribution in [3.05, 3.63) is 102 Å². The normalized spacial score (nSPS) is 10.7. The highest BCUT2D eigenvalue weighted by Crippen LogP contribution is 2.29. The molecule has 0 bridgehead atoms. The third kappa shape index (κ3) is 4.32. The van der Waals surface area contributed by atoms with E-state index in [9.17, 15) is 4.79 Å². The van der Waals surface area contributed by atoms with Crippen LogP contribution in [0.1, 0.15) is 0 Å². The van der Waals surface area contributed by atoms with E-state index >= 15 is 0 Å². The Morgan fingerprint density at radius 2 is 1.35 bits per heavy atom. The SMILES string of the molecule is O=C(Nc1ccc(-c2csc(-c3ccccc3)n2)cc1)Nc1ccc2ccccc2c1. The predicted octanol–water partition coefficient (Wildman–Crippen LogP) is 7.27. The van der Waals surface area contributed by atoms with E-state index in [1.807, 2.05) is 84.9 Å². The molecule has 0 saturated heterocycles. The molecule has 1 heterocycles. The highest BCUT2D eigenvalue weighted by molar-refractivity contribution is 7.13. The number of amides is 2. The largest absolute Gasteiger partial charge is 0.323 e. The van der Waals surface area contributed by atoms with Crippen LogP contribution in [0, 0.1) is 0 Å². The number of nitrogens with zero attached hydrogens (tertiary/aromatic N) is 1. The first-order valence-electron chi connectivity index (χ1n) is 9.93. The van der Waals surface area contributed by atoms with Crippen LogP contribution in [0.5, 0.6) is 0 Å². The number of hydrogen-bond donors (Lipinski definition) is 2. The molecule has 2 amide bonds. The lowest BCUT2D eigenvalue weighted by atomic mass is 10.1. The number of thiazole rings is 1. The Labute approximate surface area is 184 Å². The van der Waals surface area contributed by atoms with Crippen molar-refractivity contribution < 1.29 is 4.79 Å². The van der Waals surface area contributed by atoms with Gasteiger partial charge in [0.05, 0.1) is 5.69 Å². The van der Waals surface area contributed by atoms with Gasteiger partial charge in [0.15, 0.2) is 0 Å². The van der Waals surface area contributed by atoms with Gasteiger partial charge in [-0.15, -0.1) is 11.3 Å². The molecule has 0 unspecified atom stereocenters. The third-order valence-corrected chi connectivity index (χ3v) is 5.86. The van der Waals surface area contributed by atoms with Crippen LogP contribution in [0.15, 0.2) is 102 Å². The first kappa shape index (κ1) is 19.0. The fraction of sp³-hybridized carbons (Fsp3) is 0. The zero-order valence-electron chi connectivity index (χ0n) is 16.6. The number of rotatable bonds is 4. The molecule has 5 rings (SSSR count). The molecule has 0 fully saturated rings. The Kier molecular flexibility index (Phi) is 5.17. The van der Waals surface area contributed by atoms with Crippen LogP contribution in [-0.2, 0) is 0 Å². The van der Waals surface area contributed by atoms with E-state index < -0.39 is 0 Å². The van der Waals surface area contributed by atoms with Crippen LogP contribution in [0.4, 0.5) is 16.2 Å². The van der Waals surface area contributed by atoms with Gasteiger partial charge in [-0.05, 0) is 35.0 Å². The molecule has 0 spiro atoms. The fourth-order valence-corrected chi connectivity index (χ4v) is 4.24. The second kappa shape index (κ2) is 8.42. The number of benzene rings is 4. The lowest BCUT2D eigenvalue weighted by Gasteiger charge is -2.09. The number of carbonyl (C=O) groups excluding carboxylic acids is 1. The first-order valence-corrected chi connectivity index (χ1v) is 10.8. The predicted molar refractivity (Wildman–Crippen MR) is 130 cm³/mol. The van der Waals surface area contributed by atoms with Crippen LogP contribution >= 0.6 is 11.3 Å². The van der Waals surface area contributed by atoms with Crippen molar-refractivity contribution in [3.63, 3.8) is 0 Å². The smallest absolute Gasteiger partial charge is 0.308 e. The summed E-state index contributed by atoms with van der Waals surface area (Å²) in [7, 11) is 0. The fourth-order valence-electron chi connectivity index (χ4n) is 3.40. The Morgan fingerprint density at radius 3 is 2.16 bits per heavy atom. The van der Waals surface area contributed by atoms with Gasteiger partial charge in [0.2, 0.25) is 0 Å². The number of urea groups is 1. The Balaban J connectivity index is 1.25. The molecular weight excluding hydrogens is 402 g/mol. The standard InChI is InChI=1S/C26H19N3OS/c30-26(28-23-15-10-18-6-4-5-9-21(18)16-23)27-22-13-11-19(12-14-22)24-17-31-25(29-24)20-7-2-1-3-8-20/h1-17H,(H2,27,28,30). The molecule has 1 aromatic heterocycles. The molecule has 0 aliphatic carbocycles. The second-order valence-corrected chi connectivity index (χ2v) is 7.98. The molecule has 0 aliphatic rings. The third-order valence-electron chi connectivity index (χ3n) is 4.97. The van der Waals surface area contributed by atoms with Crippen molar-refractivity contribution in [1.82, 2.24) is 4.98 Å². The van der Waals surface area contributed by atoms with Gasteiger partial charge < -0.3 is 10.6 Å². The van der Waals surface area contributed by atoms with E-state index in [1.165, 1.54) is 0 Å². The summed E-state index contributed by atoms with van der Waals surface area (Å²) in [6, 6.07) is 31.5. The zero-order valence-corrected chi connectivity index (χ0v) is 17.4. The molecule has 0 saturated carbocycles. The van der Waals surface area contributed by atoms with Crippen molar-refractivity contribution in [2.24, 2.45) is 0 Å². The quantitative estimate of drug-likeness (QED) is 0.320. The Bertz CT molecular complexity index is 1340. The Hall–Kier alpha value is -3.96. The van der Waals surface area contributed by atoms with E-state index in [1.54, 1.807) is 11.3 Å². The van der Waals surface area contributed by atoms with Crippen LogP contribution in [0.25, 0.3) is 32.6 Å². The van der Waals surface area contributed by atoms with Crippen molar-refractivity contribution >= 4 is 39.5 Å². The summed E-state index contributed by atoms with van der Waals surface area (Å²) in [5.41, 5.74) is 4.53. The van der Waals surface area contributed by atoms with Crippen molar-refractivity contribution in [2.75, 3.05) is 10.6 Å². The number of fused-ring (bicyclic) bond motifs is 1. The summed E-state index contributed by atoms with van der Waals surface area (Å²) in [4.78, 5) is 17.1. The monoisotopic (exact) mass is 421 g/mol. The number of nitrogens with one attached hydrogen (secondary N) is 2. The van der Waals surface area contributed by atoms with Crippen LogP contribution in [0.3, 0.4) is 0 Å². The molecule has 5 heteroatoms. The molecule has 0 radical (unpaired) electrons. The lowest BCUT2D eigenvalue weighted by Crippen LogP contribution is -2.19. The van der Waals surface area contributed by atoms with Gasteiger partial charge in [0.25, 0.3) is 0 Å². The molecule has 0 aliphatic heterocycles. The lowest BCUT2D eigenvalue weighted by molar-refractivity contribution is 0.262. The van der Waals surface area contributed by atoms with Gasteiger partial charge in [0.1, 0.15) is 5.01 Å². The van der Waals surface area contributed by atoms with Gasteiger partial charge >= 0.3 is 6.03 Å². The average molecular weight is 422 g/mol. The van der Waals surface area contributed by atoms with Crippen LogP contribution < -0.4 is 10.6 Å². The molecule has 31 heavy (non-hydrogen) atoms. The highest BCUT2D eigenvalue weighted by Gasteiger charge is 2.08. The topological polar surface area (TPSA) is 54.0 Å². The number of carbonyl (C=O) groups is 1. The summed E-state index contributed by atoms with van der Waals surface area (Å²) < 4.78 is 0. The molecular formula is C26H19N3OS. The average Bonchev–Trinajstić information content (AvgIpc) is 3.30. The molecule has 5 aromatic rings. The maximum Gasteiger partial charge on any atom is 0.323 e. The minimum atomic E-state index is -0.275. The van der Waals surface area contributed by atoms with Crippen molar-refractivity contribution in [3.8, 4) is 21.8 Å². The van der Waals surface area contributed by atoms with E-state index in [0.717, 1.165) is 44.0 Å². The molecule has 4 nitrogen and oxygen atoms in total. The van der Waals surface area contributed by atoms with E-state index in [0.29, 0.717) is 0 Å². The highest BCUT2D eigenvalue weighted by atomic mass is 32.1. The number of aromatic nitrogens is 1. The first-order chi connectivity index (χ1) is 15.2. The molecule has 150 valence electrons. The second-order valence-electron chi connectivity index (χ2n) is 7.12. The molecule has 2 N–H and O–H groups in total. The number of hydrogen-bond acceptors (Lipinski definition) is 3. The van der Waals surface area contributed by atoms with Crippen molar-refractivity contribution in [1.29, 1.82) is 0 Å². The van der Waals surface area contributed by atoms with Gasteiger partial charge in [0, 0.05) is 27.9 Å². The maximum atomic E-state index is 12.4. The van der Waals surface area contributed by atoms with Gasteiger partial charge in [-0.25, -0.2) is 9.78 Å². The van der Waals surface area contributed by atoms with E-state index in [2.05, 4.69) is 28.1 Å². The minimum Gasteiger partial charge on any atom is -0.308 e. The maximum absolute atomic E-state index is 12.4. The van der Waals surface area contributed by atoms with E-state index in [-0.39, 0.29) is 6.03 Å². The van der Waals surface area contributed by atoms with Crippen LogP contribution in [0.2, 0.25) is 0 Å². The van der Waals surface area contributed by atoms with Gasteiger partial charge in [-0.1, -0.05) is 72.8 Å². The van der Waals surface area contributed by atoms with Crippen LogP contribution in [-0.4, -0.2) is 11.0 Å². The molecule has 4 aromatic carbocycles. The minimum absolute atomic E-state index is 0.275. The number of anilines is 2. The summed E-state index contributed by atoms with van der Waals surface area (Å²) >= 11 is 1.62. The summed E-state index contributed by atoms with van der Waals surface area (Å²) in [5, 5.41) is 11.0. The van der Waals surface area contributed by atoms with Crippen molar-refractivity contribution in [2.45, 2.75) is 0 Å².